The molecule has 2 N–H and O–H groups in total. The lowest BCUT2D eigenvalue weighted by Gasteiger charge is -2.31. The van der Waals surface area contributed by atoms with Gasteiger partial charge in [0.05, 0.1) is 0 Å². The van der Waals surface area contributed by atoms with Crippen molar-refractivity contribution in [3.05, 3.63) is 35.9 Å². The Bertz CT molecular complexity index is 383. The van der Waals surface area contributed by atoms with Gasteiger partial charge in [-0.15, -0.1) is 12.4 Å². The number of carbonyl (C=O) groups excluding carboxylic acids is 1. The Balaban J connectivity index is 0.00000361. The van der Waals surface area contributed by atoms with E-state index in [1.54, 1.807) is 0 Å². The Hall–Kier alpha value is -1.10. The van der Waals surface area contributed by atoms with Crippen LogP contribution in [-0.2, 0) is 16.1 Å². The van der Waals surface area contributed by atoms with Crippen molar-refractivity contribution in [1.82, 2.24) is 4.90 Å². The molecule has 0 aliphatic rings. The normalized spacial score (nSPS) is 13.2. The van der Waals surface area contributed by atoms with E-state index in [1.165, 1.54) is 7.11 Å². The summed E-state index contributed by atoms with van der Waals surface area (Å²) in [4.78, 5) is 14.3. The molecule has 5 heteroatoms. The van der Waals surface area contributed by atoms with E-state index in [0.717, 1.165) is 12.0 Å². The highest BCUT2D eigenvalue weighted by molar-refractivity contribution is 5.85. The minimum atomic E-state index is -0.558. The molecule has 1 rings (SSSR count). The van der Waals surface area contributed by atoms with Gasteiger partial charge in [0.1, 0.15) is 6.10 Å². The maximum Gasteiger partial charge on any atom is 0.253 e. The third-order valence-electron chi connectivity index (χ3n) is 3.38. The fourth-order valence-electron chi connectivity index (χ4n) is 1.93. The van der Waals surface area contributed by atoms with Crippen LogP contribution in [0.1, 0.15) is 25.8 Å². The summed E-state index contributed by atoms with van der Waals surface area (Å²) in [7, 11) is 1.52. The second-order valence-electron chi connectivity index (χ2n) is 4.67. The number of hydrogen-bond acceptors (Lipinski definition) is 3. The summed E-state index contributed by atoms with van der Waals surface area (Å²) in [6, 6.07) is 10.1. The van der Waals surface area contributed by atoms with Crippen molar-refractivity contribution >= 4 is 18.3 Å². The molecule has 0 heterocycles. The first kappa shape index (κ1) is 18.9. The summed E-state index contributed by atoms with van der Waals surface area (Å²) < 4.78 is 5.16. The monoisotopic (exact) mass is 300 g/mol. The molecule has 114 valence electrons. The summed E-state index contributed by atoms with van der Waals surface area (Å²) in [5.74, 6) is -0.0387. The fourth-order valence-corrected chi connectivity index (χ4v) is 1.93. The lowest BCUT2D eigenvalue weighted by molar-refractivity contribution is -0.144. The molecule has 0 aliphatic heterocycles. The molecule has 2 atom stereocenters. The predicted octanol–water partition coefficient (Wildman–Crippen LogP) is 2.21. The lowest BCUT2D eigenvalue weighted by Crippen LogP contribution is -2.47. The number of halogens is 1. The third-order valence-corrected chi connectivity index (χ3v) is 3.38. The van der Waals surface area contributed by atoms with E-state index >= 15 is 0 Å². The number of carbonyl (C=O) groups is 1. The van der Waals surface area contributed by atoms with Gasteiger partial charge in [-0.05, 0) is 18.9 Å². The summed E-state index contributed by atoms with van der Waals surface area (Å²) in [6.45, 7) is 4.91. The molecule has 0 aromatic heterocycles. The zero-order chi connectivity index (χ0) is 14.3. The molecule has 4 nitrogen and oxygen atoms in total. The molecule has 20 heavy (non-hydrogen) atoms. The van der Waals surface area contributed by atoms with Gasteiger partial charge in [0.15, 0.2) is 0 Å². The number of rotatable bonds is 7. The molecule has 0 saturated carbocycles. The second-order valence-corrected chi connectivity index (χ2v) is 4.67. The van der Waals surface area contributed by atoms with Gasteiger partial charge in [-0.2, -0.15) is 0 Å². The standard InChI is InChI=1S/C15H24N2O2.ClH/c1-4-12(2)17(15(18)14(10-16)19-3)11-13-8-6-5-7-9-13;/h5-9,12,14H,4,10-11,16H2,1-3H3;1H. The van der Waals surface area contributed by atoms with Crippen LogP contribution in [0.15, 0.2) is 30.3 Å². The third kappa shape index (κ3) is 5.12. The van der Waals surface area contributed by atoms with Crippen molar-refractivity contribution in [2.45, 2.75) is 39.0 Å². The number of nitrogens with zero attached hydrogens (tertiary/aromatic N) is 1. The quantitative estimate of drug-likeness (QED) is 0.840. The maximum absolute atomic E-state index is 12.4. The van der Waals surface area contributed by atoms with E-state index in [1.807, 2.05) is 42.2 Å². The Morgan fingerprint density at radius 2 is 1.95 bits per heavy atom. The Labute approximate surface area is 127 Å². The second kappa shape index (κ2) is 9.75. The van der Waals surface area contributed by atoms with Gasteiger partial charge in [-0.1, -0.05) is 37.3 Å². The van der Waals surface area contributed by atoms with Crippen molar-refractivity contribution in [3.63, 3.8) is 0 Å². The van der Waals surface area contributed by atoms with E-state index in [0.29, 0.717) is 6.54 Å². The molecule has 1 aromatic carbocycles. The topological polar surface area (TPSA) is 55.6 Å². The van der Waals surface area contributed by atoms with E-state index < -0.39 is 6.10 Å². The van der Waals surface area contributed by atoms with Gasteiger partial charge < -0.3 is 15.4 Å². The van der Waals surface area contributed by atoms with Crippen LogP contribution in [-0.4, -0.2) is 36.6 Å². The van der Waals surface area contributed by atoms with E-state index in [-0.39, 0.29) is 30.9 Å². The first-order valence-electron chi connectivity index (χ1n) is 6.71. The summed E-state index contributed by atoms with van der Waals surface area (Å²) >= 11 is 0. The van der Waals surface area contributed by atoms with E-state index in [2.05, 4.69) is 6.92 Å². The first-order chi connectivity index (χ1) is 9.13. The molecule has 1 amide bonds. The number of ether oxygens (including phenoxy) is 1. The van der Waals surface area contributed by atoms with Crippen LogP contribution in [0, 0.1) is 0 Å². The minimum absolute atomic E-state index is 0. The average Bonchev–Trinajstić information content (AvgIpc) is 2.46. The van der Waals surface area contributed by atoms with Gasteiger partial charge in [-0.3, -0.25) is 4.79 Å². The molecular formula is C15H25ClN2O2. The van der Waals surface area contributed by atoms with Crippen LogP contribution in [0.3, 0.4) is 0 Å². The van der Waals surface area contributed by atoms with Crippen molar-refractivity contribution in [1.29, 1.82) is 0 Å². The van der Waals surface area contributed by atoms with Crippen LogP contribution in [0.5, 0.6) is 0 Å². The molecule has 2 unspecified atom stereocenters. The zero-order valence-corrected chi connectivity index (χ0v) is 13.2. The van der Waals surface area contributed by atoms with Crippen LogP contribution >= 0.6 is 12.4 Å². The molecule has 0 saturated heterocycles. The largest absolute Gasteiger partial charge is 0.370 e. The summed E-state index contributed by atoms with van der Waals surface area (Å²) in [5.41, 5.74) is 6.70. The molecule has 0 fully saturated rings. The van der Waals surface area contributed by atoms with Crippen LogP contribution < -0.4 is 5.73 Å². The number of amides is 1. The highest BCUT2D eigenvalue weighted by Gasteiger charge is 2.26. The fraction of sp³-hybridized carbons (Fsp3) is 0.533. The maximum atomic E-state index is 12.4. The summed E-state index contributed by atoms with van der Waals surface area (Å²) in [5, 5.41) is 0. The Morgan fingerprint density at radius 3 is 2.40 bits per heavy atom. The molecule has 0 aliphatic carbocycles. The van der Waals surface area contributed by atoms with Crippen molar-refractivity contribution in [2.24, 2.45) is 5.73 Å². The first-order valence-corrected chi connectivity index (χ1v) is 6.71. The molecule has 0 spiro atoms. The highest BCUT2D eigenvalue weighted by atomic mass is 35.5. The number of hydrogen-bond donors (Lipinski definition) is 1. The van der Waals surface area contributed by atoms with Gasteiger partial charge in [0, 0.05) is 26.2 Å². The van der Waals surface area contributed by atoms with Crippen molar-refractivity contribution in [3.8, 4) is 0 Å². The molecular weight excluding hydrogens is 276 g/mol. The van der Waals surface area contributed by atoms with Gasteiger partial charge in [0.25, 0.3) is 5.91 Å². The van der Waals surface area contributed by atoms with Crippen molar-refractivity contribution in [2.75, 3.05) is 13.7 Å². The lowest BCUT2D eigenvalue weighted by atomic mass is 10.1. The predicted molar refractivity (Wildman–Crippen MR) is 83.8 cm³/mol. The van der Waals surface area contributed by atoms with Crippen LogP contribution in [0.4, 0.5) is 0 Å². The average molecular weight is 301 g/mol. The van der Waals surface area contributed by atoms with Crippen LogP contribution in [0.25, 0.3) is 0 Å². The number of methoxy groups -OCH3 is 1. The minimum Gasteiger partial charge on any atom is -0.370 e. The number of nitrogens with two attached hydrogens (primary N) is 1. The Morgan fingerprint density at radius 1 is 1.35 bits per heavy atom. The molecule has 0 bridgehead atoms. The van der Waals surface area contributed by atoms with Crippen LogP contribution in [0.2, 0.25) is 0 Å². The van der Waals surface area contributed by atoms with Gasteiger partial charge in [0.2, 0.25) is 0 Å². The van der Waals surface area contributed by atoms with Gasteiger partial charge >= 0.3 is 0 Å². The van der Waals surface area contributed by atoms with Crippen molar-refractivity contribution < 1.29 is 9.53 Å². The van der Waals surface area contributed by atoms with Gasteiger partial charge in [-0.25, -0.2) is 0 Å². The zero-order valence-electron chi connectivity index (χ0n) is 12.4. The summed E-state index contributed by atoms with van der Waals surface area (Å²) in [6.07, 6.45) is 0.345. The Kier molecular flexibility index (Phi) is 9.21. The highest BCUT2D eigenvalue weighted by Crippen LogP contribution is 2.13. The van der Waals surface area contributed by atoms with E-state index in [4.69, 9.17) is 10.5 Å². The van der Waals surface area contributed by atoms with E-state index in [9.17, 15) is 4.79 Å². The number of benzene rings is 1. The molecule has 0 radical (unpaired) electrons. The smallest absolute Gasteiger partial charge is 0.253 e. The SMILES string of the molecule is CCC(C)N(Cc1ccccc1)C(=O)C(CN)OC.Cl. The molecule has 1 aromatic rings.